The monoisotopic (exact) mass is 331 g/mol. The van der Waals surface area contributed by atoms with E-state index < -0.39 is 5.79 Å². The summed E-state index contributed by atoms with van der Waals surface area (Å²) < 4.78 is 11.4. The van der Waals surface area contributed by atoms with E-state index in [0.29, 0.717) is 24.0 Å². The molecule has 0 radical (unpaired) electrons. The smallest absolute Gasteiger partial charge is 0.190 e. The molecular formula is C17H25N5O2. The van der Waals surface area contributed by atoms with E-state index >= 15 is 0 Å². The second-order valence-corrected chi connectivity index (χ2v) is 6.20. The number of hydrogen-bond acceptors (Lipinski definition) is 6. The highest BCUT2D eigenvalue weighted by Gasteiger charge is 2.32. The predicted octanol–water partition coefficient (Wildman–Crippen LogP) is 0.487. The summed E-state index contributed by atoms with van der Waals surface area (Å²) >= 11 is 0. The van der Waals surface area contributed by atoms with Crippen molar-refractivity contribution in [3.63, 3.8) is 0 Å². The largest absolute Gasteiger partial charge is 0.493 e. The molecule has 3 rings (SSSR count). The summed E-state index contributed by atoms with van der Waals surface area (Å²) in [5, 5.41) is 9.72. The fourth-order valence-electron chi connectivity index (χ4n) is 2.80. The molecule has 1 unspecified atom stereocenters. The van der Waals surface area contributed by atoms with Gasteiger partial charge in [-0.2, -0.15) is 0 Å². The standard InChI is InChI=1S/C17H25N5O2/c1-11-6-16(19-2)22-17(18,21-11)13-4-5-14(23-3)15(7-13)24-10-12-8-20-9-12/h4-7,12,20-21H,8-10,18H2,1-3H3,(H,19,22). The average molecular weight is 331 g/mol. The summed E-state index contributed by atoms with van der Waals surface area (Å²) in [4.78, 5) is 4.20. The first-order chi connectivity index (χ1) is 11.5. The zero-order valence-corrected chi connectivity index (χ0v) is 14.3. The Morgan fingerprint density at radius 1 is 1.29 bits per heavy atom. The molecule has 0 amide bonds. The molecule has 2 aliphatic heterocycles. The highest BCUT2D eigenvalue weighted by Crippen LogP contribution is 2.31. The third-order valence-corrected chi connectivity index (χ3v) is 4.27. The normalized spacial score (nSPS) is 25.3. The second kappa shape index (κ2) is 6.70. The van der Waals surface area contributed by atoms with E-state index in [0.717, 1.165) is 30.2 Å². The number of methoxy groups -OCH3 is 1. The Labute approximate surface area is 142 Å². The van der Waals surface area contributed by atoms with E-state index in [4.69, 9.17) is 15.2 Å². The fourth-order valence-corrected chi connectivity index (χ4v) is 2.80. The molecule has 1 saturated heterocycles. The number of rotatable bonds is 5. The first-order valence-electron chi connectivity index (χ1n) is 8.06. The van der Waals surface area contributed by atoms with E-state index in [1.807, 2.05) is 31.2 Å². The van der Waals surface area contributed by atoms with Gasteiger partial charge in [-0.1, -0.05) is 0 Å². The molecule has 0 aromatic heterocycles. The molecule has 2 aliphatic rings. The van der Waals surface area contributed by atoms with Crippen LogP contribution >= 0.6 is 0 Å². The van der Waals surface area contributed by atoms with Gasteiger partial charge in [0, 0.05) is 37.3 Å². The molecule has 7 heteroatoms. The van der Waals surface area contributed by atoms with Crippen molar-refractivity contribution in [1.29, 1.82) is 0 Å². The average Bonchev–Trinajstić information content (AvgIpc) is 2.52. The second-order valence-electron chi connectivity index (χ2n) is 6.20. The maximum Gasteiger partial charge on any atom is 0.190 e. The quantitative estimate of drug-likeness (QED) is 0.627. The summed E-state index contributed by atoms with van der Waals surface area (Å²) in [6, 6.07) is 5.71. The number of hydrogen-bond donors (Lipinski definition) is 4. The summed E-state index contributed by atoms with van der Waals surface area (Å²) in [6.07, 6.45) is 1.91. The van der Waals surface area contributed by atoms with E-state index in [1.54, 1.807) is 14.2 Å². The molecular weight excluding hydrogens is 306 g/mol. The van der Waals surface area contributed by atoms with Gasteiger partial charge in [0.15, 0.2) is 17.3 Å². The van der Waals surface area contributed by atoms with Crippen molar-refractivity contribution in [2.75, 3.05) is 33.9 Å². The molecule has 1 atom stereocenters. The van der Waals surface area contributed by atoms with Gasteiger partial charge in [0.1, 0.15) is 5.84 Å². The number of nitrogens with zero attached hydrogens (tertiary/aromatic N) is 1. The van der Waals surface area contributed by atoms with Crippen molar-refractivity contribution < 1.29 is 9.47 Å². The minimum Gasteiger partial charge on any atom is -0.493 e. The summed E-state index contributed by atoms with van der Waals surface area (Å²) in [5.74, 6) is 1.71. The minimum atomic E-state index is -0.948. The third-order valence-electron chi connectivity index (χ3n) is 4.27. The van der Waals surface area contributed by atoms with Gasteiger partial charge in [0.2, 0.25) is 0 Å². The molecule has 24 heavy (non-hydrogen) atoms. The lowest BCUT2D eigenvalue weighted by Gasteiger charge is -2.37. The number of allylic oxidation sites excluding steroid dienone is 1. The molecule has 7 nitrogen and oxygen atoms in total. The van der Waals surface area contributed by atoms with Gasteiger partial charge in [0.05, 0.1) is 13.7 Å². The topological polar surface area (TPSA) is 92.9 Å². The summed E-state index contributed by atoms with van der Waals surface area (Å²) in [6.45, 7) is 4.60. The van der Waals surface area contributed by atoms with Gasteiger partial charge in [0.25, 0.3) is 0 Å². The van der Waals surface area contributed by atoms with Gasteiger partial charge in [-0.05, 0) is 31.2 Å². The van der Waals surface area contributed by atoms with Gasteiger partial charge in [-0.15, -0.1) is 0 Å². The Kier molecular flexibility index (Phi) is 4.64. The molecule has 2 heterocycles. The molecule has 0 bridgehead atoms. The van der Waals surface area contributed by atoms with E-state index in [1.165, 1.54) is 0 Å². The van der Waals surface area contributed by atoms with Gasteiger partial charge < -0.3 is 25.4 Å². The van der Waals surface area contributed by atoms with Gasteiger partial charge in [-0.3, -0.25) is 10.7 Å². The highest BCUT2D eigenvalue weighted by molar-refractivity contribution is 5.94. The van der Waals surface area contributed by atoms with Crippen LogP contribution in [0.25, 0.3) is 0 Å². The number of aliphatic imine (C=N–C) groups is 1. The maximum absolute atomic E-state index is 6.54. The van der Waals surface area contributed by atoms with Gasteiger partial charge in [-0.25, -0.2) is 0 Å². The lowest BCUT2D eigenvalue weighted by molar-refractivity contribution is 0.192. The Balaban J connectivity index is 1.85. The van der Waals surface area contributed by atoms with Crippen LogP contribution in [0.3, 0.4) is 0 Å². The van der Waals surface area contributed by atoms with Crippen LogP contribution < -0.4 is 31.2 Å². The van der Waals surface area contributed by atoms with E-state index in [2.05, 4.69) is 20.9 Å². The maximum atomic E-state index is 6.54. The molecule has 1 fully saturated rings. The lowest BCUT2D eigenvalue weighted by Crippen LogP contribution is -2.64. The number of amidine groups is 1. The molecule has 0 aliphatic carbocycles. The van der Waals surface area contributed by atoms with Crippen LogP contribution in [-0.2, 0) is 5.79 Å². The molecule has 1 aromatic carbocycles. The summed E-state index contributed by atoms with van der Waals surface area (Å²) in [5.41, 5.74) is 8.33. The van der Waals surface area contributed by atoms with Crippen LogP contribution in [-0.4, -0.2) is 39.7 Å². The molecule has 5 N–H and O–H groups in total. The van der Waals surface area contributed by atoms with E-state index in [-0.39, 0.29) is 0 Å². The Morgan fingerprint density at radius 2 is 2.08 bits per heavy atom. The number of ether oxygens (including phenoxy) is 2. The van der Waals surface area contributed by atoms with Crippen molar-refractivity contribution in [1.82, 2.24) is 16.0 Å². The van der Waals surface area contributed by atoms with Crippen LogP contribution in [0.1, 0.15) is 12.5 Å². The van der Waals surface area contributed by atoms with Crippen molar-refractivity contribution in [3.05, 3.63) is 35.5 Å². The Morgan fingerprint density at radius 3 is 2.71 bits per heavy atom. The highest BCUT2D eigenvalue weighted by atomic mass is 16.5. The first kappa shape index (κ1) is 16.6. The lowest BCUT2D eigenvalue weighted by atomic mass is 10.0. The molecule has 0 spiro atoms. The van der Waals surface area contributed by atoms with Crippen LogP contribution in [0.2, 0.25) is 0 Å². The Hall–Kier alpha value is -2.25. The molecule has 1 aromatic rings. The van der Waals surface area contributed by atoms with Crippen LogP contribution in [0.15, 0.2) is 35.0 Å². The fraction of sp³-hybridized carbons (Fsp3) is 0.471. The minimum absolute atomic E-state index is 0.542. The SMILES string of the molecule is CN=C1C=C(C)NC(N)(c2ccc(OC)c(OCC3CNC3)c2)N1. The predicted molar refractivity (Wildman–Crippen MR) is 94.1 cm³/mol. The van der Waals surface area contributed by atoms with Crippen molar-refractivity contribution in [2.45, 2.75) is 12.7 Å². The summed E-state index contributed by atoms with van der Waals surface area (Å²) in [7, 11) is 3.36. The number of nitrogens with one attached hydrogen (secondary N) is 3. The van der Waals surface area contributed by atoms with Crippen LogP contribution in [0.5, 0.6) is 11.5 Å². The number of benzene rings is 1. The van der Waals surface area contributed by atoms with Crippen molar-refractivity contribution >= 4 is 5.84 Å². The first-order valence-corrected chi connectivity index (χ1v) is 8.06. The van der Waals surface area contributed by atoms with Crippen molar-refractivity contribution in [2.24, 2.45) is 16.6 Å². The van der Waals surface area contributed by atoms with Gasteiger partial charge >= 0.3 is 0 Å². The van der Waals surface area contributed by atoms with Crippen LogP contribution in [0.4, 0.5) is 0 Å². The molecule has 0 saturated carbocycles. The van der Waals surface area contributed by atoms with E-state index in [9.17, 15) is 0 Å². The zero-order chi connectivity index (χ0) is 17.2. The van der Waals surface area contributed by atoms with Crippen molar-refractivity contribution in [3.8, 4) is 11.5 Å². The third kappa shape index (κ3) is 3.32. The van der Waals surface area contributed by atoms with Crippen LogP contribution in [0, 0.1) is 5.92 Å². The molecule has 130 valence electrons. The number of nitrogens with two attached hydrogens (primary N) is 1. The zero-order valence-electron chi connectivity index (χ0n) is 14.3. The Bertz CT molecular complexity index is 669.